The molecule has 1 heterocycles. The van der Waals surface area contributed by atoms with Crippen LogP contribution in [0, 0.1) is 0 Å². The van der Waals surface area contributed by atoms with E-state index in [-0.39, 0.29) is 24.1 Å². The van der Waals surface area contributed by atoms with E-state index in [1.54, 1.807) is 0 Å². The van der Waals surface area contributed by atoms with E-state index in [1.165, 1.54) is 29.2 Å². The lowest BCUT2D eigenvalue weighted by Crippen LogP contribution is -2.37. The number of hydrogen-bond donors (Lipinski definition) is 1. The fourth-order valence-electron chi connectivity index (χ4n) is 1.94. The maximum Gasteiger partial charge on any atom is 0.387 e. The van der Waals surface area contributed by atoms with Gasteiger partial charge in [0.2, 0.25) is 5.91 Å². The standard InChI is InChI=1S/C13H14F2N2O3/c14-13(15)20-10-4-2-9(3-5-10)12(19)17-7-1-6-16-11(18)8-17/h2-5,13H,1,6-8H2,(H,16,18). The Morgan fingerprint density at radius 2 is 2.00 bits per heavy atom. The highest BCUT2D eigenvalue weighted by Crippen LogP contribution is 2.16. The minimum Gasteiger partial charge on any atom is -0.435 e. The Kier molecular flexibility index (Phi) is 4.49. The van der Waals surface area contributed by atoms with Gasteiger partial charge in [-0.1, -0.05) is 0 Å². The van der Waals surface area contributed by atoms with Crippen LogP contribution in [0.4, 0.5) is 8.78 Å². The van der Waals surface area contributed by atoms with Crippen LogP contribution < -0.4 is 10.1 Å². The summed E-state index contributed by atoms with van der Waals surface area (Å²) >= 11 is 0. The van der Waals surface area contributed by atoms with Crippen molar-refractivity contribution >= 4 is 11.8 Å². The van der Waals surface area contributed by atoms with Crippen LogP contribution in [0.1, 0.15) is 16.8 Å². The number of alkyl halides is 2. The number of carbonyl (C=O) groups excluding carboxylic acids is 2. The van der Waals surface area contributed by atoms with Crippen LogP contribution in [0.15, 0.2) is 24.3 Å². The van der Waals surface area contributed by atoms with Gasteiger partial charge >= 0.3 is 6.61 Å². The fraction of sp³-hybridized carbons (Fsp3) is 0.385. The molecule has 0 bridgehead atoms. The summed E-state index contributed by atoms with van der Waals surface area (Å²) in [6.45, 7) is -1.86. The molecule has 1 aliphatic heterocycles. The molecule has 2 amide bonds. The summed E-state index contributed by atoms with van der Waals surface area (Å²) in [4.78, 5) is 25.0. The van der Waals surface area contributed by atoms with Crippen LogP contribution in [0.2, 0.25) is 0 Å². The zero-order chi connectivity index (χ0) is 14.5. The zero-order valence-electron chi connectivity index (χ0n) is 10.6. The molecular weight excluding hydrogens is 270 g/mol. The molecule has 0 saturated carbocycles. The zero-order valence-corrected chi connectivity index (χ0v) is 10.6. The summed E-state index contributed by atoms with van der Waals surface area (Å²) in [7, 11) is 0. The van der Waals surface area contributed by atoms with Crippen LogP contribution in [-0.2, 0) is 4.79 Å². The summed E-state index contributed by atoms with van der Waals surface area (Å²) < 4.78 is 28.2. The van der Waals surface area contributed by atoms with E-state index in [0.29, 0.717) is 25.1 Å². The summed E-state index contributed by atoms with van der Waals surface area (Å²) in [5.41, 5.74) is 0.335. The van der Waals surface area contributed by atoms with Gasteiger partial charge in [-0.3, -0.25) is 9.59 Å². The molecule has 0 atom stereocenters. The van der Waals surface area contributed by atoms with Gasteiger partial charge in [0.05, 0.1) is 6.54 Å². The topological polar surface area (TPSA) is 58.6 Å². The fourth-order valence-corrected chi connectivity index (χ4v) is 1.94. The third kappa shape index (κ3) is 3.66. The molecule has 0 aromatic heterocycles. The smallest absolute Gasteiger partial charge is 0.387 e. The lowest BCUT2D eigenvalue weighted by Gasteiger charge is -2.19. The molecule has 0 aliphatic carbocycles. The molecule has 0 unspecified atom stereocenters. The van der Waals surface area contributed by atoms with Crippen molar-refractivity contribution < 1.29 is 23.1 Å². The Bertz CT molecular complexity index is 491. The average Bonchev–Trinajstić information content (AvgIpc) is 2.63. The lowest BCUT2D eigenvalue weighted by atomic mass is 10.2. The van der Waals surface area contributed by atoms with Crippen molar-refractivity contribution in [1.82, 2.24) is 10.2 Å². The molecule has 0 radical (unpaired) electrons. The molecule has 20 heavy (non-hydrogen) atoms. The van der Waals surface area contributed by atoms with Crippen molar-refractivity contribution in [2.75, 3.05) is 19.6 Å². The van der Waals surface area contributed by atoms with Gasteiger partial charge in [0, 0.05) is 18.7 Å². The normalized spacial score (nSPS) is 15.8. The van der Waals surface area contributed by atoms with Crippen LogP contribution in [0.25, 0.3) is 0 Å². The van der Waals surface area contributed by atoms with Crippen LogP contribution in [0.5, 0.6) is 5.75 Å². The molecule has 108 valence electrons. The summed E-state index contributed by atoms with van der Waals surface area (Å²) in [5.74, 6) is -0.510. The molecular formula is C13H14F2N2O3. The molecule has 1 aromatic carbocycles. The van der Waals surface area contributed by atoms with Gasteiger partial charge in [-0.25, -0.2) is 0 Å². The first-order valence-electron chi connectivity index (χ1n) is 6.17. The second kappa shape index (κ2) is 6.31. The quantitative estimate of drug-likeness (QED) is 0.908. The Morgan fingerprint density at radius 3 is 2.65 bits per heavy atom. The van der Waals surface area contributed by atoms with Crippen molar-refractivity contribution in [3.05, 3.63) is 29.8 Å². The molecule has 1 aliphatic rings. The highest BCUT2D eigenvalue weighted by Gasteiger charge is 2.20. The Hall–Kier alpha value is -2.18. The van der Waals surface area contributed by atoms with Crippen LogP contribution >= 0.6 is 0 Å². The van der Waals surface area contributed by atoms with Crippen molar-refractivity contribution in [2.24, 2.45) is 0 Å². The summed E-state index contributed by atoms with van der Waals surface area (Å²) in [5, 5.41) is 2.68. The van der Waals surface area contributed by atoms with Crippen molar-refractivity contribution in [3.8, 4) is 5.75 Å². The Balaban J connectivity index is 2.06. The maximum atomic E-state index is 12.2. The minimum absolute atomic E-state index is 0.00805. The second-order valence-electron chi connectivity index (χ2n) is 4.33. The van der Waals surface area contributed by atoms with Gasteiger partial charge in [-0.2, -0.15) is 8.78 Å². The van der Waals surface area contributed by atoms with Gasteiger partial charge in [-0.05, 0) is 30.7 Å². The molecule has 1 N–H and O–H groups in total. The molecule has 5 nitrogen and oxygen atoms in total. The number of amides is 2. The number of carbonyl (C=O) groups is 2. The molecule has 1 fully saturated rings. The third-order valence-corrected chi connectivity index (χ3v) is 2.88. The highest BCUT2D eigenvalue weighted by atomic mass is 19.3. The number of ether oxygens (including phenoxy) is 1. The number of benzene rings is 1. The first kappa shape index (κ1) is 14.2. The molecule has 7 heteroatoms. The largest absolute Gasteiger partial charge is 0.435 e. The van der Waals surface area contributed by atoms with E-state index in [9.17, 15) is 18.4 Å². The lowest BCUT2D eigenvalue weighted by molar-refractivity contribution is -0.121. The Morgan fingerprint density at radius 1 is 1.30 bits per heavy atom. The van der Waals surface area contributed by atoms with Crippen molar-refractivity contribution in [3.63, 3.8) is 0 Å². The monoisotopic (exact) mass is 284 g/mol. The van der Waals surface area contributed by atoms with E-state index in [0.717, 1.165) is 0 Å². The van der Waals surface area contributed by atoms with Gasteiger partial charge in [-0.15, -0.1) is 0 Å². The number of nitrogens with zero attached hydrogens (tertiary/aromatic N) is 1. The maximum absolute atomic E-state index is 12.2. The SMILES string of the molecule is O=C1CN(C(=O)c2ccc(OC(F)F)cc2)CCCN1. The average molecular weight is 284 g/mol. The van der Waals surface area contributed by atoms with Gasteiger partial charge < -0.3 is 15.0 Å². The van der Waals surface area contributed by atoms with Gasteiger partial charge in [0.15, 0.2) is 0 Å². The van der Waals surface area contributed by atoms with Crippen LogP contribution in [-0.4, -0.2) is 43.0 Å². The van der Waals surface area contributed by atoms with Gasteiger partial charge in [0.1, 0.15) is 5.75 Å². The van der Waals surface area contributed by atoms with Crippen molar-refractivity contribution in [2.45, 2.75) is 13.0 Å². The van der Waals surface area contributed by atoms with E-state index in [1.807, 2.05) is 0 Å². The minimum atomic E-state index is -2.90. The summed E-state index contributed by atoms with van der Waals surface area (Å²) in [6.07, 6.45) is 0.685. The van der Waals surface area contributed by atoms with E-state index < -0.39 is 6.61 Å². The molecule has 0 spiro atoms. The molecule has 1 saturated heterocycles. The molecule has 1 aromatic rings. The molecule has 2 rings (SSSR count). The van der Waals surface area contributed by atoms with E-state index in [4.69, 9.17) is 0 Å². The van der Waals surface area contributed by atoms with Crippen molar-refractivity contribution in [1.29, 1.82) is 0 Å². The predicted octanol–water partition coefficient (Wildman–Crippen LogP) is 1.25. The number of halogens is 2. The number of rotatable bonds is 3. The predicted molar refractivity (Wildman–Crippen MR) is 66.6 cm³/mol. The first-order chi connectivity index (χ1) is 9.56. The number of hydrogen-bond acceptors (Lipinski definition) is 3. The van der Waals surface area contributed by atoms with E-state index in [2.05, 4.69) is 10.1 Å². The third-order valence-electron chi connectivity index (χ3n) is 2.88. The second-order valence-corrected chi connectivity index (χ2v) is 4.33. The Labute approximate surface area is 114 Å². The first-order valence-corrected chi connectivity index (χ1v) is 6.17. The van der Waals surface area contributed by atoms with Crippen LogP contribution in [0.3, 0.4) is 0 Å². The summed E-state index contributed by atoms with van der Waals surface area (Å²) in [6, 6.07) is 5.42. The van der Waals surface area contributed by atoms with E-state index >= 15 is 0 Å². The number of nitrogens with one attached hydrogen (secondary N) is 1. The van der Waals surface area contributed by atoms with Gasteiger partial charge in [0.25, 0.3) is 5.91 Å². The highest BCUT2D eigenvalue weighted by molar-refractivity contribution is 5.96.